The number of likely N-dealkylation sites (tertiary alicyclic amines) is 1. The first-order valence-corrected chi connectivity index (χ1v) is 4.77. The molecule has 0 unspecified atom stereocenters. The van der Waals surface area contributed by atoms with Crippen LogP contribution in [-0.2, 0) is 0 Å². The van der Waals surface area contributed by atoms with Gasteiger partial charge in [0, 0.05) is 20.1 Å². The van der Waals surface area contributed by atoms with Gasteiger partial charge in [0.15, 0.2) is 0 Å². The van der Waals surface area contributed by atoms with Gasteiger partial charge in [-0.05, 0) is 18.3 Å². The molecule has 0 aromatic rings. The quantitative estimate of drug-likeness (QED) is 0.250. The first-order valence-electron chi connectivity index (χ1n) is 4.77. The number of hydrogen-bond acceptors (Lipinski definition) is 2. The van der Waals surface area contributed by atoms with E-state index in [1.54, 1.807) is 7.05 Å². The van der Waals surface area contributed by atoms with Crippen LogP contribution in [0.15, 0.2) is 4.99 Å². The van der Waals surface area contributed by atoms with Gasteiger partial charge >= 0.3 is 0 Å². The number of aliphatic imine (C=N–C) groups is 1. The molecule has 13 heavy (non-hydrogen) atoms. The third-order valence-corrected chi connectivity index (χ3v) is 2.76. The molecule has 0 aliphatic carbocycles. The highest BCUT2D eigenvalue weighted by molar-refractivity contribution is 5.79. The molecule has 0 bridgehead atoms. The number of nitrogens with two attached hydrogens (primary N) is 1. The van der Waals surface area contributed by atoms with Gasteiger partial charge in [0.25, 0.3) is 0 Å². The van der Waals surface area contributed by atoms with Gasteiger partial charge in [-0.15, -0.1) is 0 Å². The molecule has 1 heterocycles. The van der Waals surface area contributed by atoms with E-state index in [0.717, 1.165) is 19.0 Å². The van der Waals surface area contributed by atoms with Crippen LogP contribution in [0.25, 0.3) is 0 Å². The standard InChI is InChI=1S/C9H20N4/c1-9(2)4-6-13(7-5-9)8(11-3)12-10/h4-7,10H2,1-3H3,(H,11,12). The van der Waals surface area contributed by atoms with Gasteiger partial charge in [-0.3, -0.25) is 10.4 Å². The fourth-order valence-electron chi connectivity index (χ4n) is 1.62. The Balaban J connectivity index is 2.49. The molecule has 0 amide bonds. The van der Waals surface area contributed by atoms with Gasteiger partial charge in [0.2, 0.25) is 5.96 Å². The van der Waals surface area contributed by atoms with Crippen LogP contribution in [0.5, 0.6) is 0 Å². The largest absolute Gasteiger partial charge is 0.342 e. The minimum Gasteiger partial charge on any atom is -0.342 e. The molecule has 0 saturated carbocycles. The Labute approximate surface area is 80.2 Å². The third kappa shape index (κ3) is 2.59. The van der Waals surface area contributed by atoms with Crippen molar-refractivity contribution in [2.24, 2.45) is 16.3 Å². The lowest BCUT2D eigenvalue weighted by atomic mass is 9.83. The zero-order valence-corrected chi connectivity index (χ0v) is 8.80. The smallest absolute Gasteiger partial charge is 0.208 e. The number of rotatable bonds is 0. The molecule has 1 aliphatic rings. The molecule has 0 radical (unpaired) electrons. The molecule has 0 atom stereocenters. The lowest BCUT2D eigenvalue weighted by molar-refractivity contribution is 0.185. The maximum Gasteiger partial charge on any atom is 0.208 e. The maximum absolute atomic E-state index is 5.36. The number of piperidine rings is 1. The van der Waals surface area contributed by atoms with Crippen molar-refractivity contribution in [2.45, 2.75) is 26.7 Å². The predicted octanol–water partition coefficient (Wildman–Crippen LogP) is 0.558. The molecular formula is C9H20N4. The van der Waals surface area contributed by atoms with E-state index in [2.05, 4.69) is 29.2 Å². The van der Waals surface area contributed by atoms with Crippen LogP contribution >= 0.6 is 0 Å². The maximum atomic E-state index is 5.36. The van der Waals surface area contributed by atoms with Gasteiger partial charge in [-0.25, -0.2) is 5.84 Å². The van der Waals surface area contributed by atoms with Gasteiger partial charge < -0.3 is 4.90 Å². The normalized spacial score (nSPS) is 23.1. The second-order valence-electron chi connectivity index (χ2n) is 4.34. The Morgan fingerprint density at radius 1 is 1.38 bits per heavy atom. The molecule has 1 rings (SSSR count). The molecule has 0 spiro atoms. The Bertz CT molecular complexity index is 188. The van der Waals surface area contributed by atoms with E-state index < -0.39 is 0 Å². The average molecular weight is 184 g/mol. The number of hydrazine groups is 1. The summed E-state index contributed by atoms with van der Waals surface area (Å²) in [6, 6.07) is 0. The van der Waals surface area contributed by atoms with E-state index in [4.69, 9.17) is 5.84 Å². The molecular weight excluding hydrogens is 164 g/mol. The fraction of sp³-hybridized carbons (Fsp3) is 0.889. The van der Waals surface area contributed by atoms with Crippen LogP contribution < -0.4 is 11.3 Å². The summed E-state index contributed by atoms with van der Waals surface area (Å²) in [6.07, 6.45) is 2.40. The van der Waals surface area contributed by atoms with Crippen molar-refractivity contribution in [3.05, 3.63) is 0 Å². The summed E-state index contributed by atoms with van der Waals surface area (Å²) < 4.78 is 0. The topological polar surface area (TPSA) is 53.6 Å². The van der Waals surface area contributed by atoms with Crippen LogP contribution in [-0.4, -0.2) is 31.0 Å². The number of nitrogens with one attached hydrogen (secondary N) is 1. The lowest BCUT2D eigenvalue weighted by Gasteiger charge is -2.37. The zero-order valence-electron chi connectivity index (χ0n) is 8.80. The highest BCUT2D eigenvalue weighted by Crippen LogP contribution is 2.29. The summed E-state index contributed by atoms with van der Waals surface area (Å²) in [6.45, 7) is 6.71. The summed E-state index contributed by atoms with van der Waals surface area (Å²) in [7, 11) is 1.76. The van der Waals surface area contributed by atoms with Crippen LogP contribution in [0.4, 0.5) is 0 Å². The molecule has 0 aromatic heterocycles. The van der Waals surface area contributed by atoms with Crippen molar-refractivity contribution in [2.75, 3.05) is 20.1 Å². The van der Waals surface area contributed by atoms with Crippen LogP contribution in [0.1, 0.15) is 26.7 Å². The Hall–Kier alpha value is -0.770. The summed E-state index contributed by atoms with van der Waals surface area (Å²) in [5.41, 5.74) is 3.10. The van der Waals surface area contributed by atoms with Crippen molar-refractivity contribution in [1.29, 1.82) is 0 Å². The Morgan fingerprint density at radius 3 is 2.31 bits per heavy atom. The third-order valence-electron chi connectivity index (χ3n) is 2.76. The van der Waals surface area contributed by atoms with E-state index in [-0.39, 0.29) is 0 Å². The van der Waals surface area contributed by atoms with E-state index in [1.165, 1.54) is 12.8 Å². The number of hydrogen-bond donors (Lipinski definition) is 2. The van der Waals surface area contributed by atoms with Crippen LogP contribution in [0, 0.1) is 5.41 Å². The second kappa shape index (κ2) is 3.96. The molecule has 1 saturated heterocycles. The van der Waals surface area contributed by atoms with Crippen LogP contribution in [0.3, 0.4) is 0 Å². The summed E-state index contributed by atoms with van der Waals surface area (Å²) in [4.78, 5) is 6.28. The van der Waals surface area contributed by atoms with Gasteiger partial charge in [0.05, 0.1) is 0 Å². The van der Waals surface area contributed by atoms with E-state index in [9.17, 15) is 0 Å². The first-order chi connectivity index (χ1) is 6.09. The average Bonchev–Trinajstić information content (AvgIpc) is 2.09. The Kier molecular flexibility index (Phi) is 3.14. The van der Waals surface area contributed by atoms with E-state index in [0.29, 0.717) is 5.41 Å². The first kappa shape index (κ1) is 10.3. The molecule has 76 valence electrons. The highest BCUT2D eigenvalue weighted by atomic mass is 15.4. The second-order valence-corrected chi connectivity index (χ2v) is 4.34. The highest BCUT2D eigenvalue weighted by Gasteiger charge is 2.26. The zero-order chi connectivity index (χ0) is 9.90. The van der Waals surface area contributed by atoms with Gasteiger partial charge in [0.1, 0.15) is 0 Å². The van der Waals surface area contributed by atoms with Crippen LogP contribution in [0.2, 0.25) is 0 Å². The van der Waals surface area contributed by atoms with Crippen molar-refractivity contribution in [3.8, 4) is 0 Å². The summed E-state index contributed by atoms with van der Waals surface area (Å²) >= 11 is 0. The summed E-state index contributed by atoms with van der Waals surface area (Å²) in [5.74, 6) is 6.16. The monoisotopic (exact) mass is 184 g/mol. The van der Waals surface area contributed by atoms with Crippen molar-refractivity contribution in [3.63, 3.8) is 0 Å². The number of nitrogens with zero attached hydrogens (tertiary/aromatic N) is 2. The molecule has 1 fully saturated rings. The molecule has 0 aromatic carbocycles. The van der Waals surface area contributed by atoms with Gasteiger partial charge in [-0.1, -0.05) is 13.8 Å². The van der Waals surface area contributed by atoms with Gasteiger partial charge in [-0.2, -0.15) is 0 Å². The minimum atomic E-state index is 0.476. The van der Waals surface area contributed by atoms with E-state index in [1.807, 2.05) is 0 Å². The fourth-order valence-corrected chi connectivity index (χ4v) is 1.62. The number of guanidine groups is 1. The predicted molar refractivity (Wildman–Crippen MR) is 55.3 cm³/mol. The molecule has 3 N–H and O–H groups in total. The molecule has 1 aliphatic heterocycles. The summed E-state index contributed by atoms with van der Waals surface area (Å²) in [5, 5.41) is 0. The lowest BCUT2D eigenvalue weighted by Crippen LogP contribution is -2.49. The molecule has 4 nitrogen and oxygen atoms in total. The van der Waals surface area contributed by atoms with Crippen molar-refractivity contribution in [1.82, 2.24) is 10.3 Å². The molecule has 4 heteroatoms. The van der Waals surface area contributed by atoms with E-state index >= 15 is 0 Å². The minimum absolute atomic E-state index is 0.476. The Morgan fingerprint density at radius 2 is 1.92 bits per heavy atom. The SMILES string of the molecule is CN=C(NN)N1CCC(C)(C)CC1. The van der Waals surface area contributed by atoms with Crippen molar-refractivity contribution < 1.29 is 0 Å². The van der Waals surface area contributed by atoms with Crippen molar-refractivity contribution >= 4 is 5.96 Å².